The monoisotopic (exact) mass is 506 g/mol. The summed E-state index contributed by atoms with van der Waals surface area (Å²) in [5.74, 6) is -2.01. The lowest BCUT2D eigenvalue weighted by molar-refractivity contribution is -0.192. The average molecular weight is 507 g/mol. The minimum Gasteiger partial charge on any atom is -0.497 e. The fraction of sp³-hybridized carbons (Fsp3) is 0.385. The number of piperidine rings is 1. The molecule has 1 aliphatic rings. The number of methoxy groups -OCH3 is 1. The van der Waals surface area contributed by atoms with Crippen molar-refractivity contribution >= 4 is 22.6 Å². The van der Waals surface area contributed by atoms with Gasteiger partial charge in [-0.05, 0) is 56.0 Å². The molecule has 36 heavy (non-hydrogen) atoms. The first-order valence-electron chi connectivity index (χ1n) is 11.4. The first kappa shape index (κ1) is 27.1. The summed E-state index contributed by atoms with van der Waals surface area (Å²) in [6, 6.07) is 14.1. The van der Waals surface area contributed by atoms with Crippen LogP contribution in [-0.4, -0.2) is 48.4 Å². The second-order valence-corrected chi connectivity index (χ2v) is 8.77. The van der Waals surface area contributed by atoms with E-state index in [2.05, 4.69) is 42.3 Å². The van der Waals surface area contributed by atoms with Crippen molar-refractivity contribution in [2.24, 2.45) is 0 Å². The Morgan fingerprint density at radius 1 is 1.14 bits per heavy atom. The molecule has 1 aliphatic heterocycles. The summed E-state index contributed by atoms with van der Waals surface area (Å²) in [6.07, 6.45) is -3.01. The number of benzene rings is 2. The van der Waals surface area contributed by atoms with Crippen molar-refractivity contribution in [2.75, 3.05) is 25.5 Å². The predicted molar refractivity (Wildman–Crippen MR) is 131 cm³/mol. The van der Waals surface area contributed by atoms with Crippen LogP contribution in [0.25, 0.3) is 11.0 Å². The van der Waals surface area contributed by atoms with E-state index in [1.54, 1.807) is 25.3 Å². The van der Waals surface area contributed by atoms with Gasteiger partial charge in [0.15, 0.2) is 0 Å². The number of alkyl halides is 3. The Balaban J connectivity index is 0.000000454. The molecule has 0 unspecified atom stereocenters. The third kappa shape index (κ3) is 7.24. The van der Waals surface area contributed by atoms with Crippen LogP contribution in [0.3, 0.4) is 0 Å². The normalized spacial score (nSPS) is 14.7. The minimum atomic E-state index is -5.08. The summed E-state index contributed by atoms with van der Waals surface area (Å²) < 4.78 is 42.4. The highest BCUT2D eigenvalue weighted by atomic mass is 19.4. The van der Waals surface area contributed by atoms with Gasteiger partial charge in [0, 0.05) is 37.1 Å². The summed E-state index contributed by atoms with van der Waals surface area (Å²) in [5.41, 5.74) is 5.14. The Morgan fingerprint density at radius 3 is 2.39 bits per heavy atom. The van der Waals surface area contributed by atoms with Crippen LogP contribution in [0.1, 0.15) is 29.5 Å². The molecule has 1 fully saturated rings. The molecule has 0 saturated carbocycles. The van der Waals surface area contributed by atoms with E-state index in [1.807, 2.05) is 6.07 Å². The van der Waals surface area contributed by atoms with Crippen molar-refractivity contribution in [1.82, 2.24) is 4.90 Å². The number of aryl methyl sites for hydroxylation is 2. The van der Waals surface area contributed by atoms with Gasteiger partial charge in [0.1, 0.15) is 11.3 Å². The number of carbonyl (C=O) groups is 1. The Labute approximate surface area is 206 Å². The van der Waals surface area contributed by atoms with Crippen LogP contribution in [0.15, 0.2) is 51.7 Å². The van der Waals surface area contributed by atoms with E-state index in [-0.39, 0.29) is 5.63 Å². The number of halogens is 3. The van der Waals surface area contributed by atoms with Gasteiger partial charge in [0.25, 0.3) is 0 Å². The van der Waals surface area contributed by atoms with Gasteiger partial charge in [-0.3, -0.25) is 4.90 Å². The number of fused-ring (bicyclic) bond motifs is 1. The third-order valence-electron chi connectivity index (χ3n) is 6.03. The van der Waals surface area contributed by atoms with E-state index in [0.717, 1.165) is 49.3 Å². The molecule has 10 heteroatoms. The summed E-state index contributed by atoms with van der Waals surface area (Å²) in [6.45, 7) is 7.39. The molecule has 0 amide bonds. The fourth-order valence-electron chi connectivity index (χ4n) is 4.11. The molecule has 0 bridgehead atoms. The molecule has 4 rings (SSSR count). The molecule has 2 N–H and O–H groups in total. The zero-order valence-corrected chi connectivity index (χ0v) is 20.3. The molecule has 0 atom stereocenters. The Hall–Kier alpha value is -3.53. The van der Waals surface area contributed by atoms with Crippen molar-refractivity contribution in [2.45, 2.75) is 45.5 Å². The van der Waals surface area contributed by atoms with Crippen LogP contribution in [0.4, 0.5) is 18.9 Å². The van der Waals surface area contributed by atoms with Gasteiger partial charge in [0.05, 0.1) is 12.8 Å². The number of rotatable bonds is 5. The van der Waals surface area contributed by atoms with Gasteiger partial charge < -0.3 is 19.6 Å². The lowest BCUT2D eigenvalue weighted by Gasteiger charge is -2.33. The zero-order valence-electron chi connectivity index (χ0n) is 20.3. The average Bonchev–Trinajstić information content (AvgIpc) is 2.81. The van der Waals surface area contributed by atoms with Crippen molar-refractivity contribution in [3.8, 4) is 5.75 Å². The number of aliphatic carboxylic acids is 1. The number of nitrogens with zero attached hydrogens (tertiary/aromatic N) is 1. The number of hydrogen-bond acceptors (Lipinski definition) is 6. The molecule has 2 aromatic carbocycles. The van der Waals surface area contributed by atoms with Gasteiger partial charge in [-0.15, -0.1) is 0 Å². The number of nitrogens with one attached hydrogen (secondary N) is 1. The molecule has 1 saturated heterocycles. The molecule has 0 radical (unpaired) electrons. The second-order valence-electron chi connectivity index (χ2n) is 8.77. The highest BCUT2D eigenvalue weighted by Gasteiger charge is 2.38. The van der Waals surface area contributed by atoms with E-state index < -0.39 is 12.1 Å². The number of ether oxygens (including phenoxy) is 1. The summed E-state index contributed by atoms with van der Waals surface area (Å²) >= 11 is 0. The highest BCUT2D eigenvalue weighted by molar-refractivity contribution is 5.90. The van der Waals surface area contributed by atoms with Crippen LogP contribution in [0.2, 0.25) is 0 Å². The Bertz CT molecular complexity index is 1260. The van der Waals surface area contributed by atoms with Gasteiger partial charge in [-0.1, -0.05) is 23.8 Å². The predicted octanol–water partition coefficient (Wildman–Crippen LogP) is 5.13. The van der Waals surface area contributed by atoms with Gasteiger partial charge in [-0.25, -0.2) is 9.59 Å². The molecule has 1 aromatic heterocycles. The van der Waals surface area contributed by atoms with Crippen LogP contribution in [0.5, 0.6) is 5.75 Å². The molecule has 0 spiro atoms. The molecular weight excluding hydrogens is 477 g/mol. The third-order valence-corrected chi connectivity index (χ3v) is 6.03. The number of carboxylic acids is 1. The zero-order chi connectivity index (χ0) is 26.5. The van der Waals surface area contributed by atoms with E-state index >= 15 is 0 Å². The Morgan fingerprint density at radius 2 is 1.81 bits per heavy atom. The number of likely N-dealkylation sites (tertiary alicyclic amines) is 1. The van der Waals surface area contributed by atoms with E-state index in [0.29, 0.717) is 11.6 Å². The van der Waals surface area contributed by atoms with Crippen molar-refractivity contribution in [3.05, 3.63) is 69.6 Å². The van der Waals surface area contributed by atoms with Gasteiger partial charge >= 0.3 is 17.8 Å². The fourth-order valence-corrected chi connectivity index (χ4v) is 4.11. The van der Waals surface area contributed by atoms with Crippen LogP contribution in [0, 0.1) is 13.8 Å². The van der Waals surface area contributed by atoms with Crippen LogP contribution in [-0.2, 0) is 11.3 Å². The number of hydrogen-bond donors (Lipinski definition) is 2. The quantitative estimate of drug-likeness (QED) is 0.464. The maximum Gasteiger partial charge on any atom is 0.490 e. The molecule has 2 heterocycles. The topological polar surface area (TPSA) is 92.0 Å². The lowest BCUT2D eigenvalue weighted by atomic mass is 10.0. The summed E-state index contributed by atoms with van der Waals surface area (Å²) in [5, 5.41) is 11.6. The molecular formula is C26H29F3N2O5. The Kier molecular flexibility index (Phi) is 8.62. The van der Waals surface area contributed by atoms with Crippen LogP contribution < -0.4 is 15.7 Å². The molecule has 0 aliphatic carbocycles. The minimum absolute atomic E-state index is 0.335. The maximum atomic E-state index is 12.0. The number of anilines is 1. The number of carboxylic acid groups (broad SMARTS) is 1. The van der Waals surface area contributed by atoms with Crippen molar-refractivity contribution in [1.29, 1.82) is 0 Å². The first-order valence-corrected chi connectivity index (χ1v) is 11.4. The van der Waals surface area contributed by atoms with E-state index in [9.17, 15) is 18.0 Å². The van der Waals surface area contributed by atoms with E-state index in [4.69, 9.17) is 19.1 Å². The summed E-state index contributed by atoms with van der Waals surface area (Å²) in [7, 11) is 1.64. The van der Waals surface area contributed by atoms with Crippen LogP contribution >= 0.6 is 0 Å². The smallest absolute Gasteiger partial charge is 0.490 e. The van der Waals surface area contributed by atoms with Crippen molar-refractivity contribution in [3.63, 3.8) is 0 Å². The second kappa shape index (κ2) is 11.5. The van der Waals surface area contributed by atoms with Crippen molar-refractivity contribution < 1.29 is 32.2 Å². The van der Waals surface area contributed by atoms with E-state index in [1.165, 1.54) is 16.7 Å². The van der Waals surface area contributed by atoms with Gasteiger partial charge in [0.2, 0.25) is 0 Å². The SMILES string of the molecule is COc1ccc2oc(=O)cc(NC3CCN(Cc4ccc(C)cc4C)CC3)c2c1.O=C(O)C(F)(F)F. The molecule has 3 aromatic rings. The van der Waals surface area contributed by atoms with Gasteiger partial charge in [-0.2, -0.15) is 13.2 Å². The molecule has 194 valence electrons. The lowest BCUT2D eigenvalue weighted by Crippen LogP contribution is -2.38. The summed E-state index contributed by atoms with van der Waals surface area (Å²) in [4.78, 5) is 23.4. The highest BCUT2D eigenvalue weighted by Crippen LogP contribution is 2.28. The first-order chi connectivity index (χ1) is 17.0. The largest absolute Gasteiger partial charge is 0.497 e. The molecule has 7 nitrogen and oxygen atoms in total. The maximum absolute atomic E-state index is 12.0. The standard InChI is InChI=1S/C24H28N2O3.C2HF3O2/c1-16-4-5-18(17(2)12-16)15-26-10-8-19(9-11-26)25-22-14-24(27)29-23-7-6-20(28-3)13-21(22)23;3-2(4,5)1(6)7/h4-7,12-14,19,25H,8-11,15H2,1-3H3;(H,6,7).